The number of hydrogen-bond donors (Lipinski definition) is 2. The first-order valence-corrected chi connectivity index (χ1v) is 7.66. The molecule has 0 saturated carbocycles. The van der Waals surface area contributed by atoms with Crippen LogP contribution < -0.4 is 5.43 Å². The number of H-pyrrole nitrogens is 1. The number of amides is 1. The van der Waals surface area contributed by atoms with E-state index in [9.17, 15) is 4.79 Å². The van der Waals surface area contributed by atoms with Gasteiger partial charge in [-0.25, -0.2) is 5.43 Å². The first-order valence-electron chi connectivity index (χ1n) is 6.49. The van der Waals surface area contributed by atoms with Crippen molar-refractivity contribution in [2.45, 2.75) is 0 Å². The molecule has 0 bridgehead atoms. The van der Waals surface area contributed by atoms with E-state index in [1.807, 2.05) is 24.4 Å². The molecule has 0 saturated heterocycles. The number of nitrogens with zero attached hydrogens (tertiary/aromatic N) is 1. The lowest BCUT2D eigenvalue weighted by molar-refractivity contribution is 0.0955. The maximum atomic E-state index is 11.9. The number of aromatic nitrogens is 1. The fourth-order valence-corrected chi connectivity index (χ4v) is 2.63. The highest BCUT2D eigenvalue weighted by molar-refractivity contribution is 9.10. The van der Waals surface area contributed by atoms with E-state index >= 15 is 0 Å². The van der Waals surface area contributed by atoms with Crippen LogP contribution in [-0.2, 0) is 0 Å². The van der Waals surface area contributed by atoms with Crippen LogP contribution in [0.25, 0.3) is 10.9 Å². The van der Waals surface area contributed by atoms with Crippen molar-refractivity contribution in [2.75, 3.05) is 0 Å². The van der Waals surface area contributed by atoms with Gasteiger partial charge in [0.25, 0.3) is 5.91 Å². The number of hydrazone groups is 1. The lowest BCUT2D eigenvalue weighted by atomic mass is 10.2. The van der Waals surface area contributed by atoms with Gasteiger partial charge in [0.2, 0.25) is 0 Å². The largest absolute Gasteiger partial charge is 0.361 e. The summed E-state index contributed by atoms with van der Waals surface area (Å²) >= 11 is 9.30. The standard InChI is InChI=1S/C16H11BrClN3O/c17-12-4-5-15-14(7-12)11(8-19-15)9-20-21-16(22)10-2-1-3-13(18)6-10/h1-9,19H,(H,21,22)/b20-9+. The Kier molecular flexibility index (Phi) is 4.27. The number of hydrogen-bond acceptors (Lipinski definition) is 2. The van der Waals surface area contributed by atoms with Gasteiger partial charge < -0.3 is 4.98 Å². The Bertz CT molecular complexity index is 873. The number of benzene rings is 2. The minimum absolute atomic E-state index is 0.306. The Labute approximate surface area is 140 Å². The molecule has 3 aromatic rings. The molecule has 3 rings (SSSR count). The highest BCUT2D eigenvalue weighted by atomic mass is 79.9. The van der Waals surface area contributed by atoms with E-state index in [2.05, 4.69) is 31.4 Å². The SMILES string of the molecule is O=C(N/N=C/c1c[nH]c2ccc(Br)cc12)c1cccc(Cl)c1. The summed E-state index contributed by atoms with van der Waals surface area (Å²) in [6.45, 7) is 0. The molecular weight excluding hydrogens is 366 g/mol. The van der Waals surface area contributed by atoms with E-state index in [0.717, 1.165) is 20.9 Å². The van der Waals surface area contributed by atoms with Gasteiger partial charge in [0.05, 0.1) is 6.21 Å². The summed E-state index contributed by atoms with van der Waals surface area (Å²) < 4.78 is 0.984. The maximum Gasteiger partial charge on any atom is 0.271 e. The monoisotopic (exact) mass is 375 g/mol. The summed E-state index contributed by atoms with van der Waals surface area (Å²) in [6.07, 6.45) is 3.44. The topological polar surface area (TPSA) is 57.2 Å². The zero-order valence-electron chi connectivity index (χ0n) is 11.3. The van der Waals surface area contributed by atoms with Crippen LogP contribution in [0.1, 0.15) is 15.9 Å². The van der Waals surface area contributed by atoms with Gasteiger partial charge in [-0.05, 0) is 36.4 Å². The quantitative estimate of drug-likeness (QED) is 0.518. The number of carbonyl (C=O) groups is 1. The second-order valence-corrected chi connectivity index (χ2v) is 6.00. The maximum absolute atomic E-state index is 11.9. The first-order chi connectivity index (χ1) is 10.6. The summed E-state index contributed by atoms with van der Waals surface area (Å²) in [7, 11) is 0. The molecule has 0 radical (unpaired) electrons. The van der Waals surface area contributed by atoms with E-state index in [0.29, 0.717) is 10.6 Å². The number of fused-ring (bicyclic) bond motifs is 1. The van der Waals surface area contributed by atoms with Gasteiger partial charge in [-0.3, -0.25) is 4.79 Å². The van der Waals surface area contributed by atoms with Crippen LogP contribution in [-0.4, -0.2) is 17.1 Å². The predicted octanol–water partition coefficient (Wildman–Crippen LogP) is 4.35. The molecule has 4 nitrogen and oxygen atoms in total. The van der Waals surface area contributed by atoms with Crippen molar-refractivity contribution in [1.29, 1.82) is 0 Å². The van der Waals surface area contributed by atoms with Crippen LogP contribution >= 0.6 is 27.5 Å². The zero-order chi connectivity index (χ0) is 15.5. The molecule has 0 aliphatic carbocycles. The molecular formula is C16H11BrClN3O. The molecule has 0 spiro atoms. The van der Waals surface area contributed by atoms with Gasteiger partial charge in [-0.1, -0.05) is 33.6 Å². The first kappa shape index (κ1) is 14.8. The average Bonchev–Trinajstić information content (AvgIpc) is 2.89. The minimum Gasteiger partial charge on any atom is -0.361 e. The second kappa shape index (κ2) is 6.34. The number of halogens is 2. The average molecular weight is 377 g/mol. The van der Waals surface area contributed by atoms with Gasteiger partial charge in [-0.2, -0.15) is 5.10 Å². The summed E-state index contributed by atoms with van der Waals surface area (Å²) in [4.78, 5) is 15.1. The van der Waals surface area contributed by atoms with E-state index < -0.39 is 0 Å². The van der Waals surface area contributed by atoms with Crippen LogP contribution in [0.3, 0.4) is 0 Å². The normalized spacial score (nSPS) is 11.2. The van der Waals surface area contributed by atoms with Crippen LogP contribution in [0, 0.1) is 0 Å². The lowest BCUT2D eigenvalue weighted by Crippen LogP contribution is -2.17. The van der Waals surface area contributed by atoms with E-state index in [1.54, 1.807) is 30.5 Å². The zero-order valence-corrected chi connectivity index (χ0v) is 13.6. The predicted molar refractivity (Wildman–Crippen MR) is 92.5 cm³/mol. The van der Waals surface area contributed by atoms with Gasteiger partial charge in [0, 0.05) is 37.7 Å². The summed E-state index contributed by atoms with van der Waals surface area (Å²) in [5, 5.41) is 5.53. The molecule has 110 valence electrons. The van der Waals surface area contributed by atoms with Gasteiger partial charge in [0.1, 0.15) is 0 Å². The molecule has 0 fully saturated rings. The Morgan fingerprint density at radius 2 is 2.14 bits per heavy atom. The van der Waals surface area contributed by atoms with E-state index in [4.69, 9.17) is 11.6 Å². The molecule has 0 aliphatic rings. The molecule has 1 aromatic heterocycles. The van der Waals surface area contributed by atoms with Crippen molar-refractivity contribution in [3.8, 4) is 0 Å². The molecule has 22 heavy (non-hydrogen) atoms. The third-order valence-corrected chi connectivity index (χ3v) is 3.86. The lowest BCUT2D eigenvalue weighted by Gasteiger charge is -1.99. The number of carbonyl (C=O) groups excluding carboxylic acids is 1. The fourth-order valence-electron chi connectivity index (χ4n) is 2.08. The third kappa shape index (κ3) is 3.21. The van der Waals surface area contributed by atoms with Crippen molar-refractivity contribution in [3.63, 3.8) is 0 Å². The second-order valence-electron chi connectivity index (χ2n) is 4.64. The summed E-state index contributed by atoms with van der Waals surface area (Å²) in [5.41, 5.74) is 4.85. The summed E-state index contributed by atoms with van der Waals surface area (Å²) in [5.74, 6) is -0.306. The van der Waals surface area contributed by atoms with Crippen molar-refractivity contribution < 1.29 is 4.79 Å². The molecule has 2 N–H and O–H groups in total. The molecule has 1 amide bonds. The number of nitrogens with one attached hydrogen (secondary N) is 2. The van der Waals surface area contributed by atoms with E-state index in [-0.39, 0.29) is 5.91 Å². The Morgan fingerprint density at radius 1 is 1.27 bits per heavy atom. The minimum atomic E-state index is -0.306. The fraction of sp³-hybridized carbons (Fsp3) is 0. The highest BCUT2D eigenvalue weighted by Crippen LogP contribution is 2.21. The molecule has 1 heterocycles. The van der Waals surface area contributed by atoms with Crippen molar-refractivity contribution in [3.05, 3.63) is 69.3 Å². The molecule has 2 aromatic carbocycles. The molecule has 0 aliphatic heterocycles. The van der Waals surface area contributed by atoms with Crippen LogP contribution in [0.4, 0.5) is 0 Å². The van der Waals surface area contributed by atoms with Crippen LogP contribution in [0.2, 0.25) is 5.02 Å². The van der Waals surface area contributed by atoms with Crippen molar-refractivity contribution in [1.82, 2.24) is 10.4 Å². The molecule has 0 unspecified atom stereocenters. The number of rotatable bonds is 3. The van der Waals surface area contributed by atoms with Crippen LogP contribution in [0.5, 0.6) is 0 Å². The Balaban J connectivity index is 1.76. The van der Waals surface area contributed by atoms with Gasteiger partial charge in [-0.15, -0.1) is 0 Å². The van der Waals surface area contributed by atoms with Crippen LogP contribution in [0.15, 0.2) is 58.2 Å². The molecule has 6 heteroatoms. The van der Waals surface area contributed by atoms with Gasteiger partial charge >= 0.3 is 0 Å². The Hall–Kier alpha value is -2.11. The highest BCUT2D eigenvalue weighted by Gasteiger charge is 2.05. The summed E-state index contributed by atoms with van der Waals surface area (Å²) in [6, 6.07) is 12.6. The molecule has 0 atom stereocenters. The number of aromatic amines is 1. The Morgan fingerprint density at radius 3 is 2.95 bits per heavy atom. The third-order valence-electron chi connectivity index (χ3n) is 3.13. The van der Waals surface area contributed by atoms with Gasteiger partial charge in [0.15, 0.2) is 0 Å². The van der Waals surface area contributed by atoms with Crippen molar-refractivity contribution in [2.24, 2.45) is 5.10 Å². The van der Waals surface area contributed by atoms with E-state index in [1.165, 1.54) is 0 Å². The van der Waals surface area contributed by atoms with Crippen molar-refractivity contribution >= 4 is 50.6 Å². The smallest absolute Gasteiger partial charge is 0.271 e.